The summed E-state index contributed by atoms with van der Waals surface area (Å²) in [6.07, 6.45) is 6.88. The number of ether oxygens (including phenoxy) is 1. The quantitative estimate of drug-likeness (QED) is 0.471. The summed E-state index contributed by atoms with van der Waals surface area (Å²) in [5, 5.41) is 14.9. The van der Waals surface area contributed by atoms with Crippen LogP contribution >= 0.6 is 0 Å². The summed E-state index contributed by atoms with van der Waals surface area (Å²) in [5.41, 5.74) is 1.03. The maximum atomic E-state index is 12.4. The van der Waals surface area contributed by atoms with Gasteiger partial charge in [-0.05, 0) is 38.0 Å². The predicted molar refractivity (Wildman–Crippen MR) is 94.7 cm³/mol. The van der Waals surface area contributed by atoms with Crippen LogP contribution in [0.5, 0.6) is 0 Å². The zero-order chi connectivity index (χ0) is 18.1. The van der Waals surface area contributed by atoms with Crippen molar-refractivity contribution in [2.45, 2.75) is 45.1 Å². The van der Waals surface area contributed by atoms with Gasteiger partial charge in [0.2, 0.25) is 0 Å². The average molecular weight is 341 g/mol. The van der Waals surface area contributed by atoms with Crippen molar-refractivity contribution in [1.82, 2.24) is 5.32 Å². The van der Waals surface area contributed by atoms with E-state index in [0.717, 1.165) is 25.7 Å². The van der Waals surface area contributed by atoms with Gasteiger partial charge in [0, 0.05) is 23.5 Å². The van der Waals surface area contributed by atoms with Crippen LogP contribution in [0, 0.1) is 11.3 Å². The Labute approximate surface area is 147 Å². The first-order valence-corrected chi connectivity index (χ1v) is 8.59. The minimum atomic E-state index is -0.677. The number of rotatable bonds is 6. The predicted octanol–water partition coefficient (Wildman–Crippen LogP) is 3.13. The van der Waals surface area contributed by atoms with E-state index in [1.165, 1.54) is 12.6 Å². The van der Waals surface area contributed by atoms with Crippen LogP contribution in [0.15, 0.2) is 36.0 Å². The molecule has 1 fully saturated rings. The van der Waals surface area contributed by atoms with Crippen molar-refractivity contribution in [1.29, 1.82) is 5.26 Å². The molecule has 1 amide bonds. The number of anilines is 1. The highest BCUT2D eigenvalue weighted by molar-refractivity contribution is 5.95. The Bertz CT molecular complexity index is 685. The lowest BCUT2D eigenvalue weighted by atomic mass is 9.95. The average Bonchev–Trinajstić information content (AvgIpc) is 2.63. The minimum absolute atomic E-state index is 0.106. The molecule has 0 saturated heterocycles. The van der Waals surface area contributed by atoms with Crippen molar-refractivity contribution < 1.29 is 14.3 Å². The summed E-state index contributed by atoms with van der Waals surface area (Å²) in [5.74, 6) is -0.783. The Morgan fingerprint density at radius 2 is 2.08 bits per heavy atom. The van der Waals surface area contributed by atoms with E-state index in [0.29, 0.717) is 11.3 Å². The Morgan fingerprint density at radius 1 is 1.32 bits per heavy atom. The van der Waals surface area contributed by atoms with Crippen LogP contribution in [0.25, 0.3) is 0 Å². The van der Waals surface area contributed by atoms with Crippen molar-refractivity contribution in [3.63, 3.8) is 0 Å². The molecule has 6 nitrogen and oxygen atoms in total. The molecule has 0 unspecified atom stereocenters. The van der Waals surface area contributed by atoms with E-state index < -0.39 is 5.97 Å². The number of carbonyl (C=O) groups excluding carboxylic acids is 2. The molecule has 1 aromatic rings. The topological polar surface area (TPSA) is 91.2 Å². The Balaban J connectivity index is 2.01. The van der Waals surface area contributed by atoms with Crippen LogP contribution in [-0.2, 0) is 9.53 Å². The number of benzene rings is 1. The highest BCUT2D eigenvalue weighted by Gasteiger charge is 2.16. The summed E-state index contributed by atoms with van der Waals surface area (Å²) in [6, 6.07) is 8.97. The minimum Gasteiger partial charge on any atom is -0.462 e. The monoisotopic (exact) mass is 341 g/mol. The second-order valence-electron chi connectivity index (χ2n) is 5.92. The lowest BCUT2D eigenvalue weighted by Crippen LogP contribution is -2.36. The molecule has 25 heavy (non-hydrogen) atoms. The van der Waals surface area contributed by atoms with Crippen molar-refractivity contribution in [3.8, 4) is 6.07 Å². The highest BCUT2D eigenvalue weighted by atomic mass is 16.5. The van der Waals surface area contributed by atoms with E-state index >= 15 is 0 Å². The van der Waals surface area contributed by atoms with Crippen LogP contribution in [0.2, 0.25) is 0 Å². The number of nitriles is 1. The van der Waals surface area contributed by atoms with E-state index in [4.69, 9.17) is 10.00 Å². The van der Waals surface area contributed by atoms with Crippen LogP contribution in [0.4, 0.5) is 5.69 Å². The van der Waals surface area contributed by atoms with Gasteiger partial charge in [0.05, 0.1) is 6.61 Å². The summed E-state index contributed by atoms with van der Waals surface area (Å²) in [6.45, 7) is 1.88. The number of esters is 1. The fraction of sp³-hybridized carbons (Fsp3) is 0.421. The van der Waals surface area contributed by atoms with Crippen molar-refractivity contribution in [3.05, 3.63) is 41.6 Å². The van der Waals surface area contributed by atoms with Gasteiger partial charge < -0.3 is 15.4 Å². The third-order valence-corrected chi connectivity index (χ3v) is 4.06. The van der Waals surface area contributed by atoms with E-state index in [1.807, 2.05) is 0 Å². The molecule has 1 saturated carbocycles. The molecule has 0 radical (unpaired) electrons. The number of nitrogens with zero attached hydrogens (tertiary/aromatic N) is 1. The Kier molecular flexibility index (Phi) is 7.02. The van der Waals surface area contributed by atoms with Crippen molar-refractivity contribution >= 4 is 17.6 Å². The summed E-state index contributed by atoms with van der Waals surface area (Å²) < 4.78 is 4.80. The second kappa shape index (κ2) is 9.48. The van der Waals surface area contributed by atoms with Gasteiger partial charge in [-0.1, -0.05) is 25.3 Å². The van der Waals surface area contributed by atoms with Crippen LogP contribution in [0.3, 0.4) is 0 Å². The zero-order valence-electron chi connectivity index (χ0n) is 14.4. The van der Waals surface area contributed by atoms with Gasteiger partial charge in [0.15, 0.2) is 5.57 Å². The van der Waals surface area contributed by atoms with Gasteiger partial charge >= 0.3 is 5.97 Å². The van der Waals surface area contributed by atoms with Gasteiger partial charge in [-0.3, -0.25) is 4.79 Å². The van der Waals surface area contributed by atoms with Crippen LogP contribution in [-0.4, -0.2) is 24.5 Å². The maximum Gasteiger partial charge on any atom is 0.350 e. The molecule has 1 aliphatic carbocycles. The van der Waals surface area contributed by atoms with Gasteiger partial charge in [0.1, 0.15) is 6.07 Å². The highest BCUT2D eigenvalue weighted by Crippen LogP contribution is 2.18. The molecular formula is C19H23N3O3. The molecule has 6 heteroatoms. The van der Waals surface area contributed by atoms with E-state index in [9.17, 15) is 9.59 Å². The Morgan fingerprint density at radius 3 is 2.76 bits per heavy atom. The first kappa shape index (κ1) is 18.5. The molecule has 0 atom stereocenters. The zero-order valence-corrected chi connectivity index (χ0v) is 14.4. The molecule has 1 aliphatic rings. The number of hydrogen-bond donors (Lipinski definition) is 2. The first-order chi connectivity index (χ1) is 12.1. The Hall–Kier alpha value is -2.81. The number of carbonyl (C=O) groups is 2. The number of hydrogen-bond acceptors (Lipinski definition) is 5. The third kappa shape index (κ3) is 5.64. The molecule has 0 bridgehead atoms. The molecule has 132 valence electrons. The molecule has 2 rings (SSSR count). The lowest BCUT2D eigenvalue weighted by Gasteiger charge is -2.22. The van der Waals surface area contributed by atoms with Crippen molar-refractivity contribution in [2.24, 2.45) is 0 Å². The van der Waals surface area contributed by atoms with Gasteiger partial charge in [-0.15, -0.1) is 0 Å². The largest absolute Gasteiger partial charge is 0.462 e. The van der Waals surface area contributed by atoms with Gasteiger partial charge in [-0.2, -0.15) is 5.26 Å². The molecule has 0 aliphatic heterocycles. The number of amides is 1. The van der Waals surface area contributed by atoms with E-state index in [-0.39, 0.29) is 24.1 Å². The molecule has 0 aromatic heterocycles. The normalized spacial score (nSPS) is 15.1. The van der Waals surface area contributed by atoms with Gasteiger partial charge in [-0.25, -0.2) is 4.79 Å². The number of nitrogens with one attached hydrogen (secondary N) is 2. The first-order valence-electron chi connectivity index (χ1n) is 8.59. The smallest absolute Gasteiger partial charge is 0.350 e. The van der Waals surface area contributed by atoms with Crippen LogP contribution in [0.1, 0.15) is 49.4 Å². The molecule has 0 spiro atoms. The van der Waals surface area contributed by atoms with Crippen molar-refractivity contribution in [2.75, 3.05) is 11.9 Å². The SMILES string of the molecule is CCOC(=O)/C(C#N)=C\Nc1cccc(C(=O)NC2CCCCC2)c1. The van der Waals surface area contributed by atoms with Crippen LogP contribution < -0.4 is 10.6 Å². The van der Waals surface area contributed by atoms with E-state index in [1.54, 1.807) is 37.3 Å². The fourth-order valence-electron chi connectivity index (χ4n) is 2.77. The molecule has 1 aromatic carbocycles. The third-order valence-electron chi connectivity index (χ3n) is 4.06. The summed E-state index contributed by atoms with van der Waals surface area (Å²) in [4.78, 5) is 23.9. The second-order valence-corrected chi connectivity index (χ2v) is 5.92. The molecule has 2 N–H and O–H groups in total. The standard InChI is InChI=1S/C19H23N3O3/c1-2-25-19(24)15(12-20)13-21-17-10-6-7-14(11-17)18(23)22-16-8-4-3-5-9-16/h6-7,10-11,13,16,21H,2-5,8-9H2,1H3,(H,22,23)/b15-13-. The summed E-state index contributed by atoms with van der Waals surface area (Å²) >= 11 is 0. The van der Waals surface area contributed by atoms with E-state index in [2.05, 4.69) is 10.6 Å². The fourth-order valence-corrected chi connectivity index (χ4v) is 2.77. The molecular weight excluding hydrogens is 318 g/mol. The summed E-state index contributed by atoms with van der Waals surface area (Å²) in [7, 11) is 0. The molecule has 0 heterocycles. The lowest BCUT2D eigenvalue weighted by molar-refractivity contribution is -0.138. The van der Waals surface area contributed by atoms with Gasteiger partial charge in [0.25, 0.3) is 5.91 Å². The maximum absolute atomic E-state index is 12.4.